The maximum Gasteiger partial charge on any atom is 0.304 e. The van der Waals surface area contributed by atoms with E-state index in [9.17, 15) is 24.3 Å². The fraction of sp³-hybridized carbons (Fsp3) is 0.591. The highest BCUT2D eigenvalue weighted by molar-refractivity contribution is 5.90. The van der Waals surface area contributed by atoms with E-state index in [1.807, 2.05) is 36.4 Å². The highest BCUT2D eigenvalue weighted by Crippen LogP contribution is 2.32. The topological polar surface area (TPSA) is 231 Å². The van der Waals surface area contributed by atoms with Crippen molar-refractivity contribution in [2.45, 2.75) is 141 Å². The van der Waals surface area contributed by atoms with E-state index in [0.717, 1.165) is 48.9 Å². The Labute approximate surface area is 357 Å². The average Bonchev–Trinajstić information content (AvgIpc) is 3.98. The van der Waals surface area contributed by atoms with Crippen LogP contribution in [0.4, 0.5) is 0 Å². The molecular weight excluding hydrogens is 783 g/mol. The number of nitrogens with one attached hydrogen (secondary N) is 1. The van der Waals surface area contributed by atoms with Gasteiger partial charge in [-0.3, -0.25) is 34.4 Å². The van der Waals surface area contributed by atoms with Crippen LogP contribution in [0.1, 0.15) is 172 Å². The second-order valence-electron chi connectivity index (χ2n) is 16.5. The summed E-state index contributed by atoms with van der Waals surface area (Å²) in [6.45, 7) is 0.644. The first-order valence-corrected chi connectivity index (χ1v) is 21.7. The first-order chi connectivity index (χ1) is 29.6. The Morgan fingerprint density at radius 3 is 1.52 bits per heavy atom. The number of nitrogens with zero attached hydrogens (tertiary/aromatic N) is 8. The number of aromatic nitrogens is 6. The summed E-state index contributed by atoms with van der Waals surface area (Å²) in [5.41, 5.74) is 3.17. The molecule has 2 fully saturated rings. The number of carboxylic acid groups (broad SMARTS) is 1. The Balaban J connectivity index is 0.000000231. The normalized spacial score (nSPS) is 15.5. The molecule has 17 heteroatoms. The van der Waals surface area contributed by atoms with Crippen LogP contribution in [0.5, 0.6) is 0 Å². The van der Waals surface area contributed by atoms with Crippen LogP contribution in [-0.2, 0) is 22.7 Å². The van der Waals surface area contributed by atoms with Gasteiger partial charge in [-0.05, 0) is 48.9 Å². The molecule has 0 aromatic carbocycles. The van der Waals surface area contributed by atoms with Crippen LogP contribution in [0, 0.1) is 11.8 Å². The van der Waals surface area contributed by atoms with Crippen molar-refractivity contribution in [1.29, 1.82) is 0 Å². The van der Waals surface area contributed by atoms with Crippen molar-refractivity contribution >= 4 is 23.7 Å². The zero-order valence-corrected chi connectivity index (χ0v) is 35.5. The number of pyridine rings is 2. The second kappa shape index (κ2) is 24.6. The molecule has 2 aliphatic rings. The maximum atomic E-state index is 12.7. The number of carbonyl (C=O) groups is 4. The van der Waals surface area contributed by atoms with Gasteiger partial charge in [0.2, 0.25) is 17.7 Å². The van der Waals surface area contributed by atoms with E-state index in [-0.39, 0.29) is 59.9 Å². The zero-order valence-electron chi connectivity index (χ0n) is 35.5. The van der Waals surface area contributed by atoms with Crippen molar-refractivity contribution in [3.05, 3.63) is 83.6 Å². The molecule has 2 aliphatic carbocycles. The molecular formula is C44H61N9O8. The van der Waals surface area contributed by atoms with Crippen LogP contribution >= 0.6 is 0 Å². The average molecular weight is 844 g/mol. The lowest BCUT2D eigenvalue weighted by Gasteiger charge is -2.22. The molecule has 2 saturated carbocycles. The van der Waals surface area contributed by atoms with Gasteiger partial charge >= 0.3 is 5.97 Å². The van der Waals surface area contributed by atoms with Crippen molar-refractivity contribution in [2.24, 2.45) is 11.8 Å². The first kappa shape index (κ1) is 46.5. The van der Waals surface area contributed by atoms with Crippen LogP contribution in [0.2, 0.25) is 0 Å². The Hall–Kier alpha value is -5.58. The molecule has 330 valence electrons. The Morgan fingerprint density at radius 2 is 1.13 bits per heavy atom. The minimum Gasteiger partial charge on any atom is -0.481 e. The first-order valence-electron chi connectivity index (χ1n) is 21.7. The largest absolute Gasteiger partial charge is 0.481 e. The zero-order chi connectivity index (χ0) is 43.4. The molecule has 0 spiro atoms. The van der Waals surface area contributed by atoms with E-state index in [0.29, 0.717) is 25.9 Å². The summed E-state index contributed by atoms with van der Waals surface area (Å²) in [4.78, 5) is 68.3. The number of hydroxylamine groups is 1. The van der Waals surface area contributed by atoms with Crippen LogP contribution in [0.25, 0.3) is 0 Å². The number of aliphatic carboxylic acids is 1. The summed E-state index contributed by atoms with van der Waals surface area (Å²) >= 11 is 0. The van der Waals surface area contributed by atoms with Crippen molar-refractivity contribution in [3.8, 4) is 0 Å². The predicted octanol–water partition coefficient (Wildman–Crippen LogP) is 7.51. The fourth-order valence-corrected chi connectivity index (χ4v) is 8.29. The second-order valence-corrected chi connectivity index (χ2v) is 16.5. The maximum absolute atomic E-state index is 12.7. The minimum atomic E-state index is -0.906. The van der Waals surface area contributed by atoms with Gasteiger partial charge in [-0.25, -0.2) is 5.48 Å². The van der Waals surface area contributed by atoms with Gasteiger partial charge in [-0.1, -0.05) is 112 Å². The third kappa shape index (κ3) is 15.4. The van der Waals surface area contributed by atoms with Crippen LogP contribution in [0.3, 0.4) is 0 Å². The summed E-state index contributed by atoms with van der Waals surface area (Å²) in [5, 5.41) is 25.9. The lowest BCUT2D eigenvalue weighted by atomic mass is 9.84. The van der Waals surface area contributed by atoms with E-state index in [4.69, 9.17) is 14.3 Å². The molecule has 3 N–H and O–H groups in total. The molecule has 4 heterocycles. The third-order valence-corrected chi connectivity index (χ3v) is 11.7. The van der Waals surface area contributed by atoms with Crippen LogP contribution in [0.15, 0.2) is 57.8 Å². The van der Waals surface area contributed by atoms with Crippen molar-refractivity contribution < 1.29 is 38.5 Å². The summed E-state index contributed by atoms with van der Waals surface area (Å²) < 4.78 is 10.7. The highest BCUT2D eigenvalue weighted by Gasteiger charge is 2.28. The monoisotopic (exact) mass is 843 g/mol. The van der Waals surface area contributed by atoms with E-state index in [2.05, 4.69) is 30.2 Å². The summed E-state index contributed by atoms with van der Waals surface area (Å²) in [7, 11) is 3.29. The summed E-state index contributed by atoms with van der Waals surface area (Å²) in [5.74, 6) is -1.03. The molecule has 0 saturated heterocycles. The molecule has 61 heavy (non-hydrogen) atoms. The molecule has 2 atom stereocenters. The van der Waals surface area contributed by atoms with Gasteiger partial charge < -0.3 is 24.0 Å². The van der Waals surface area contributed by atoms with Gasteiger partial charge in [0.05, 0.1) is 30.9 Å². The Bertz CT molecular complexity index is 1930. The van der Waals surface area contributed by atoms with Crippen molar-refractivity contribution in [1.82, 2.24) is 45.5 Å². The molecule has 4 aromatic heterocycles. The summed E-state index contributed by atoms with van der Waals surface area (Å²) in [6, 6.07) is 11.0. The lowest BCUT2D eigenvalue weighted by molar-refractivity contribution is -0.137. The molecule has 0 unspecified atom stereocenters. The predicted molar refractivity (Wildman–Crippen MR) is 222 cm³/mol. The van der Waals surface area contributed by atoms with Crippen molar-refractivity contribution in [2.75, 3.05) is 14.1 Å². The van der Waals surface area contributed by atoms with E-state index < -0.39 is 11.9 Å². The van der Waals surface area contributed by atoms with Crippen LogP contribution < -0.4 is 5.48 Å². The highest BCUT2D eigenvalue weighted by atomic mass is 16.5. The van der Waals surface area contributed by atoms with E-state index in [1.165, 1.54) is 74.0 Å². The molecule has 0 radical (unpaired) electrons. The number of hydrogen-bond acceptors (Lipinski definition) is 13. The number of amides is 3. The molecule has 4 aromatic rings. The minimum absolute atomic E-state index is 0.0285. The van der Waals surface area contributed by atoms with Gasteiger partial charge in [0.25, 0.3) is 23.5 Å². The number of carboxylic acids is 1. The van der Waals surface area contributed by atoms with Gasteiger partial charge in [-0.15, -0.1) is 0 Å². The Morgan fingerprint density at radius 1 is 0.689 bits per heavy atom. The standard InChI is InChI=1S/C22H31N5O4.C22H30N4O4/c1-27(15-18-12-5-6-13-23-18)22(29)20-24-21(31-26-20)17(14-19(28)25-30)11-7-10-16-8-3-2-4-9-16;1-26(15-18-12-5-6-13-23-18)22(29)20-24-21(30-25-20)17(14-19(27)28)11-7-10-16-8-3-2-4-9-16/h5-6,12-13,16-17,30H,2-4,7-11,14-15H2,1H3,(H,25,28);5-6,12-13,16-17H,2-4,7-11,14-15H2,1H3,(H,27,28)/t2*17-/m11/s1. The fourth-order valence-electron chi connectivity index (χ4n) is 8.29. The quantitative estimate of drug-likeness (QED) is 0.0577. The van der Waals surface area contributed by atoms with Gasteiger partial charge in [0.15, 0.2) is 0 Å². The molecule has 0 bridgehead atoms. The smallest absolute Gasteiger partial charge is 0.304 e. The SMILES string of the molecule is CN(Cc1ccccn1)C(=O)c1noc([C@H](CCCC2CCCCC2)CC(=O)NO)n1.CN(Cc1ccccn1)C(=O)c1noc([C@H](CCCC2CCCCC2)CC(=O)O)n1. The number of hydrogen-bond donors (Lipinski definition) is 3. The van der Waals surface area contributed by atoms with Gasteiger partial charge in [-0.2, -0.15) is 9.97 Å². The molecule has 0 aliphatic heterocycles. The third-order valence-electron chi connectivity index (χ3n) is 11.7. The van der Waals surface area contributed by atoms with E-state index >= 15 is 0 Å². The number of rotatable bonds is 20. The Kier molecular flexibility index (Phi) is 18.8. The van der Waals surface area contributed by atoms with Gasteiger partial charge in [0, 0.05) is 44.7 Å². The molecule has 17 nitrogen and oxygen atoms in total. The lowest BCUT2D eigenvalue weighted by Crippen LogP contribution is -2.27. The van der Waals surface area contributed by atoms with E-state index in [1.54, 1.807) is 32.0 Å². The van der Waals surface area contributed by atoms with Crippen molar-refractivity contribution in [3.63, 3.8) is 0 Å². The molecule has 6 rings (SSSR count). The van der Waals surface area contributed by atoms with Crippen LogP contribution in [-0.4, -0.2) is 88.1 Å². The molecule has 3 amide bonds. The summed E-state index contributed by atoms with van der Waals surface area (Å²) in [6.07, 6.45) is 21.6. The van der Waals surface area contributed by atoms with Gasteiger partial charge in [0.1, 0.15) is 0 Å². The number of carbonyl (C=O) groups excluding carboxylic acids is 3.